The fourth-order valence-electron chi connectivity index (χ4n) is 2.86. The fraction of sp³-hybridized carbons (Fsp3) is 0.118. The van der Waals surface area contributed by atoms with Gasteiger partial charge in [0.15, 0.2) is 0 Å². The molecule has 3 aromatic rings. The molecule has 8 nitrogen and oxygen atoms in total. The van der Waals surface area contributed by atoms with Crippen LogP contribution < -0.4 is 25.3 Å². The molecular formula is C17H16IN7O. The number of nitrogens with one attached hydrogen (secondary N) is 4. The van der Waals surface area contributed by atoms with E-state index in [4.69, 9.17) is 5.73 Å². The molecule has 4 rings (SSSR count). The Kier molecular flexibility index (Phi) is 4.47. The maximum Gasteiger partial charge on any atom is 0.267 e. The summed E-state index contributed by atoms with van der Waals surface area (Å²) in [4.78, 5) is 27.3. The standard InChI is InChI=1S/C17H16IN7O/c18-22-8-7-21-17(26)11-5-4-10(23-11)13-15-14(24-13)12(16(19)25-15)9-3-1-2-6-20-9/h1-6,22-23,25H,7-8,19H2,(H,21,26). The molecule has 4 heterocycles. The summed E-state index contributed by atoms with van der Waals surface area (Å²) in [6.45, 7) is 1.26. The summed E-state index contributed by atoms with van der Waals surface area (Å²) in [5, 5.41) is 4.48. The van der Waals surface area contributed by atoms with Gasteiger partial charge in [0.1, 0.15) is 22.6 Å². The predicted octanol–water partition coefficient (Wildman–Crippen LogP) is 0.446. The van der Waals surface area contributed by atoms with Crippen LogP contribution in [0.2, 0.25) is 0 Å². The lowest BCUT2D eigenvalue weighted by molar-refractivity contribution is 0.0950. The molecule has 1 aliphatic heterocycles. The van der Waals surface area contributed by atoms with Crippen molar-refractivity contribution in [1.29, 1.82) is 0 Å². The van der Waals surface area contributed by atoms with Gasteiger partial charge in [-0.2, -0.15) is 0 Å². The molecule has 0 fully saturated rings. The molecule has 0 atom stereocenters. The van der Waals surface area contributed by atoms with Gasteiger partial charge in [0, 0.05) is 42.2 Å². The predicted molar refractivity (Wildman–Crippen MR) is 107 cm³/mol. The van der Waals surface area contributed by atoms with Crippen molar-refractivity contribution in [3.05, 3.63) is 58.6 Å². The molecule has 26 heavy (non-hydrogen) atoms. The number of carbonyl (C=O) groups is 1. The summed E-state index contributed by atoms with van der Waals surface area (Å²) in [6, 6.07) is 9.25. The number of hydrogen-bond donors (Lipinski definition) is 5. The highest BCUT2D eigenvalue weighted by Crippen LogP contribution is 2.21. The van der Waals surface area contributed by atoms with Crippen LogP contribution in [-0.4, -0.2) is 33.9 Å². The van der Waals surface area contributed by atoms with Crippen LogP contribution in [0.3, 0.4) is 0 Å². The third kappa shape index (κ3) is 2.88. The second-order valence-corrected chi connectivity index (χ2v) is 6.50. The number of hydrogen-bond acceptors (Lipinski definition) is 5. The molecule has 9 heteroatoms. The van der Waals surface area contributed by atoms with Crippen molar-refractivity contribution in [2.24, 2.45) is 4.99 Å². The van der Waals surface area contributed by atoms with Gasteiger partial charge in [-0.1, -0.05) is 6.07 Å². The third-order valence-electron chi connectivity index (χ3n) is 4.07. The summed E-state index contributed by atoms with van der Waals surface area (Å²) in [5.74, 6) is 0.381. The number of fused-ring (bicyclic) bond motifs is 1. The van der Waals surface area contributed by atoms with Gasteiger partial charge < -0.3 is 21.0 Å². The van der Waals surface area contributed by atoms with Crippen LogP contribution in [0.4, 0.5) is 5.82 Å². The Morgan fingerprint density at radius 3 is 2.85 bits per heavy atom. The van der Waals surface area contributed by atoms with Gasteiger partial charge in [0.05, 0.1) is 22.3 Å². The number of anilines is 1. The van der Waals surface area contributed by atoms with E-state index < -0.39 is 0 Å². The first-order valence-electron chi connectivity index (χ1n) is 8.02. The van der Waals surface area contributed by atoms with Crippen molar-refractivity contribution in [2.45, 2.75) is 0 Å². The maximum absolute atomic E-state index is 12.1. The van der Waals surface area contributed by atoms with Crippen molar-refractivity contribution in [2.75, 3.05) is 18.8 Å². The summed E-state index contributed by atoms with van der Waals surface area (Å²) >= 11 is 2.04. The lowest BCUT2D eigenvalue weighted by Gasteiger charge is -2.06. The Bertz CT molecular complexity index is 1080. The molecular weight excluding hydrogens is 445 g/mol. The van der Waals surface area contributed by atoms with E-state index in [1.165, 1.54) is 0 Å². The fourth-order valence-corrected chi connectivity index (χ4v) is 3.13. The summed E-state index contributed by atoms with van der Waals surface area (Å²) in [5.41, 5.74) is 9.72. The highest BCUT2D eigenvalue weighted by Gasteiger charge is 2.21. The van der Waals surface area contributed by atoms with Crippen molar-refractivity contribution in [1.82, 2.24) is 23.8 Å². The summed E-state index contributed by atoms with van der Waals surface area (Å²) in [7, 11) is 0. The largest absolute Gasteiger partial charge is 0.385 e. The van der Waals surface area contributed by atoms with Gasteiger partial charge >= 0.3 is 0 Å². The lowest BCUT2D eigenvalue weighted by Crippen LogP contribution is -2.35. The molecule has 3 aromatic heterocycles. The number of rotatable bonds is 6. The van der Waals surface area contributed by atoms with E-state index in [1.807, 2.05) is 47.1 Å². The number of pyridine rings is 1. The van der Waals surface area contributed by atoms with Gasteiger partial charge in [-0.15, -0.1) is 0 Å². The molecule has 6 N–H and O–H groups in total. The average Bonchev–Trinajstić information content (AvgIpc) is 3.21. The molecule has 132 valence electrons. The van der Waals surface area contributed by atoms with Gasteiger partial charge in [0.2, 0.25) is 0 Å². The first kappa shape index (κ1) is 16.8. The Hall–Kier alpha value is -2.66. The normalized spacial score (nSPS) is 12.3. The van der Waals surface area contributed by atoms with Gasteiger partial charge in [-0.25, -0.2) is 4.99 Å². The number of H-pyrrole nitrogens is 2. The van der Waals surface area contributed by atoms with E-state index in [9.17, 15) is 4.79 Å². The van der Waals surface area contributed by atoms with Crippen LogP contribution in [0, 0.1) is 0 Å². The minimum atomic E-state index is -0.150. The average molecular weight is 461 g/mol. The number of nitrogen functional groups attached to an aromatic ring is 1. The minimum Gasteiger partial charge on any atom is -0.385 e. The van der Waals surface area contributed by atoms with Gasteiger partial charge in [-0.3, -0.25) is 13.3 Å². The van der Waals surface area contributed by atoms with E-state index >= 15 is 0 Å². The third-order valence-corrected chi connectivity index (χ3v) is 4.61. The summed E-state index contributed by atoms with van der Waals surface area (Å²) < 4.78 is 2.95. The minimum absolute atomic E-state index is 0.150. The highest BCUT2D eigenvalue weighted by atomic mass is 127. The topological polar surface area (TPSA) is 124 Å². The van der Waals surface area contributed by atoms with E-state index in [1.54, 1.807) is 12.3 Å². The maximum atomic E-state index is 12.1. The molecule has 0 unspecified atom stereocenters. The molecule has 1 aliphatic rings. The highest BCUT2D eigenvalue weighted by molar-refractivity contribution is 14.1. The second kappa shape index (κ2) is 6.92. The van der Waals surface area contributed by atoms with Crippen molar-refractivity contribution < 1.29 is 4.79 Å². The Morgan fingerprint density at radius 1 is 1.19 bits per heavy atom. The molecule has 0 bridgehead atoms. The van der Waals surface area contributed by atoms with E-state index in [-0.39, 0.29) is 5.91 Å². The molecule has 0 radical (unpaired) electrons. The number of nitrogens with two attached hydrogens (primary N) is 1. The van der Waals surface area contributed by atoms with Gasteiger partial charge in [-0.05, 0) is 24.3 Å². The molecule has 0 spiro atoms. The van der Waals surface area contributed by atoms with Crippen molar-refractivity contribution >= 4 is 40.3 Å². The number of nitrogens with zero attached hydrogens (tertiary/aromatic N) is 2. The molecule has 0 aromatic carbocycles. The van der Waals surface area contributed by atoms with Crippen LogP contribution in [-0.2, 0) is 0 Å². The van der Waals surface area contributed by atoms with Crippen LogP contribution in [0.25, 0.3) is 17.0 Å². The monoisotopic (exact) mass is 461 g/mol. The van der Waals surface area contributed by atoms with E-state index in [2.05, 4.69) is 28.8 Å². The number of aromatic amines is 2. The molecule has 0 saturated heterocycles. The van der Waals surface area contributed by atoms with Crippen LogP contribution in [0.5, 0.6) is 0 Å². The number of amides is 1. The molecule has 1 amide bonds. The quantitative estimate of drug-likeness (QED) is 0.208. The van der Waals surface area contributed by atoms with E-state index in [0.717, 1.165) is 33.4 Å². The van der Waals surface area contributed by atoms with Crippen LogP contribution in [0.15, 0.2) is 41.5 Å². The van der Waals surface area contributed by atoms with Crippen molar-refractivity contribution in [3.63, 3.8) is 0 Å². The first-order valence-corrected chi connectivity index (χ1v) is 9.10. The lowest BCUT2D eigenvalue weighted by atomic mass is 10.1. The van der Waals surface area contributed by atoms with Gasteiger partial charge in [0.25, 0.3) is 5.91 Å². The van der Waals surface area contributed by atoms with Crippen LogP contribution in [0.1, 0.15) is 16.2 Å². The number of aromatic nitrogens is 3. The Balaban J connectivity index is 1.63. The summed E-state index contributed by atoms with van der Waals surface area (Å²) in [6.07, 6.45) is 1.72. The zero-order valence-corrected chi connectivity index (χ0v) is 15.8. The molecule has 0 saturated carbocycles. The first-order chi connectivity index (χ1) is 12.7. The van der Waals surface area contributed by atoms with E-state index in [0.29, 0.717) is 24.6 Å². The SMILES string of the molecule is Nc1[nH]c2c(c1-c1ccccn1)=NC=2c1ccc(C(=O)NCCNI)[nH]1. The Morgan fingerprint density at radius 2 is 2.08 bits per heavy atom. The second-order valence-electron chi connectivity index (χ2n) is 5.74. The number of halogens is 1. The zero-order valence-electron chi connectivity index (χ0n) is 13.6. The smallest absolute Gasteiger partial charge is 0.267 e. The van der Waals surface area contributed by atoms with Crippen molar-refractivity contribution in [3.8, 4) is 11.3 Å². The number of carbonyl (C=O) groups excluding carboxylic acids is 1. The Labute approximate surface area is 162 Å². The zero-order chi connectivity index (χ0) is 18.1. The van der Waals surface area contributed by atoms with Crippen LogP contribution >= 0.6 is 22.9 Å². The molecule has 0 aliphatic carbocycles.